The van der Waals surface area contributed by atoms with E-state index < -0.39 is 6.04 Å². The Bertz CT molecular complexity index is 863. The van der Waals surface area contributed by atoms with Gasteiger partial charge < -0.3 is 5.32 Å². The fourth-order valence-corrected chi connectivity index (χ4v) is 2.70. The van der Waals surface area contributed by atoms with E-state index in [-0.39, 0.29) is 24.2 Å². The molecule has 0 aliphatic carbocycles. The van der Waals surface area contributed by atoms with Crippen LogP contribution >= 0.6 is 0 Å². The van der Waals surface area contributed by atoms with Crippen LogP contribution in [0.5, 0.6) is 0 Å². The normalized spacial score (nSPS) is 13.3. The third-order valence-corrected chi connectivity index (χ3v) is 3.89. The van der Waals surface area contributed by atoms with E-state index >= 15 is 0 Å². The molecule has 136 valence electrons. The van der Waals surface area contributed by atoms with E-state index in [4.69, 9.17) is 0 Å². The zero-order valence-electron chi connectivity index (χ0n) is 14.4. The van der Waals surface area contributed by atoms with Gasteiger partial charge in [-0.25, -0.2) is 14.1 Å². The number of nitrogens with one attached hydrogen (secondary N) is 1. The molecule has 0 aliphatic rings. The summed E-state index contributed by atoms with van der Waals surface area (Å²) < 4.78 is 16.6. The van der Waals surface area contributed by atoms with E-state index in [0.717, 1.165) is 0 Å². The number of carbonyl (C=O) groups is 1. The summed E-state index contributed by atoms with van der Waals surface area (Å²) >= 11 is 0. The van der Waals surface area contributed by atoms with Gasteiger partial charge in [0.1, 0.15) is 30.3 Å². The number of carbonyl (C=O) groups excluding carboxylic acids is 1. The largest absolute Gasteiger partial charge is 0.350 e. The van der Waals surface area contributed by atoms with Gasteiger partial charge in [0.2, 0.25) is 5.91 Å². The quantitative estimate of drug-likeness (QED) is 0.667. The lowest BCUT2D eigenvalue weighted by Crippen LogP contribution is -2.41. The van der Waals surface area contributed by atoms with E-state index in [0.29, 0.717) is 17.9 Å². The lowest BCUT2D eigenvalue weighted by molar-refractivity contribution is -0.125. The molecule has 3 rings (SSSR count). The summed E-state index contributed by atoms with van der Waals surface area (Å²) in [6, 6.07) is 5.27. The fourth-order valence-electron chi connectivity index (χ4n) is 2.70. The van der Waals surface area contributed by atoms with Gasteiger partial charge in [0.05, 0.1) is 6.54 Å². The Balaban J connectivity index is 1.76. The van der Waals surface area contributed by atoms with Gasteiger partial charge in [-0.1, -0.05) is 12.1 Å². The summed E-state index contributed by atoms with van der Waals surface area (Å²) in [5.41, 5.74) is 0.684. The van der Waals surface area contributed by atoms with Gasteiger partial charge in [0, 0.05) is 12.5 Å². The molecule has 0 bridgehead atoms. The van der Waals surface area contributed by atoms with Gasteiger partial charge in [0.15, 0.2) is 0 Å². The maximum atomic E-state index is 13.5. The summed E-state index contributed by atoms with van der Waals surface area (Å²) in [4.78, 5) is 16.7. The lowest BCUT2D eigenvalue weighted by atomic mass is 10.0. The molecule has 1 aromatic carbocycles. The first kappa shape index (κ1) is 17.6. The van der Waals surface area contributed by atoms with E-state index in [1.54, 1.807) is 30.1 Å². The molecule has 3 aromatic rings. The Morgan fingerprint density at radius 2 is 2.23 bits per heavy atom. The third kappa shape index (κ3) is 4.26. The molecule has 1 N–H and O–H groups in total. The van der Waals surface area contributed by atoms with Crippen LogP contribution in [0.3, 0.4) is 0 Å². The highest BCUT2D eigenvalue weighted by Gasteiger charge is 2.25. The zero-order valence-corrected chi connectivity index (χ0v) is 14.4. The molecule has 0 fully saturated rings. The predicted octanol–water partition coefficient (Wildman–Crippen LogP) is 0.701. The van der Waals surface area contributed by atoms with E-state index in [1.807, 2.05) is 6.92 Å². The first-order chi connectivity index (χ1) is 12.5. The second-order valence-electron chi connectivity index (χ2n) is 6.05. The number of hydrogen-bond donors (Lipinski definition) is 1. The van der Waals surface area contributed by atoms with Crippen molar-refractivity contribution in [2.75, 3.05) is 0 Å². The number of aryl methyl sites for hydroxylation is 1. The van der Waals surface area contributed by atoms with Gasteiger partial charge >= 0.3 is 0 Å². The van der Waals surface area contributed by atoms with Crippen LogP contribution in [0.2, 0.25) is 0 Å². The van der Waals surface area contributed by atoms with Crippen molar-refractivity contribution in [3.8, 4) is 0 Å². The van der Waals surface area contributed by atoms with Gasteiger partial charge in [-0.3, -0.25) is 9.48 Å². The van der Waals surface area contributed by atoms with Crippen molar-refractivity contribution >= 4 is 5.91 Å². The number of benzene rings is 1. The molecule has 0 radical (unpaired) electrons. The summed E-state index contributed by atoms with van der Waals surface area (Å²) in [7, 11) is 0. The summed E-state index contributed by atoms with van der Waals surface area (Å²) in [6.45, 7) is 4.06. The fraction of sp³-hybridized carbons (Fsp3) is 0.375. The van der Waals surface area contributed by atoms with Crippen LogP contribution in [0.1, 0.15) is 24.4 Å². The highest BCUT2D eigenvalue weighted by atomic mass is 19.1. The molecule has 0 saturated heterocycles. The monoisotopic (exact) mass is 358 g/mol. The number of rotatable bonds is 7. The number of hydrogen-bond acceptors (Lipinski definition) is 6. The maximum absolute atomic E-state index is 13.5. The van der Waals surface area contributed by atoms with Crippen LogP contribution in [-0.2, 0) is 17.8 Å². The first-order valence-electron chi connectivity index (χ1n) is 8.14. The number of tetrazole rings is 1. The molecule has 2 atom stereocenters. The number of amides is 1. The minimum atomic E-state index is -0.690. The topological polar surface area (TPSA) is 103 Å². The maximum Gasteiger partial charge on any atom is 0.245 e. The molecule has 1 amide bonds. The predicted molar refractivity (Wildman–Crippen MR) is 89.3 cm³/mol. The Kier molecular flexibility index (Phi) is 5.30. The highest BCUT2D eigenvalue weighted by Crippen LogP contribution is 2.16. The van der Waals surface area contributed by atoms with E-state index in [1.165, 1.54) is 23.1 Å². The summed E-state index contributed by atoms with van der Waals surface area (Å²) in [5.74, 6) is -0.0996. The molecule has 10 heteroatoms. The standard InChI is InChI=1S/C16H19FN8O/c1-11(8-24-10-18-9-19-24)20-16(26)15(25-12(2)21-22-23-25)7-13-4-3-5-14(17)6-13/h3-6,9-11,15H,7-8H2,1-2H3,(H,20,26). The van der Waals surface area contributed by atoms with Crippen molar-refractivity contribution in [3.63, 3.8) is 0 Å². The van der Waals surface area contributed by atoms with Crippen LogP contribution < -0.4 is 5.32 Å². The Morgan fingerprint density at radius 3 is 2.88 bits per heavy atom. The van der Waals surface area contributed by atoms with E-state index in [2.05, 4.69) is 30.9 Å². The van der Waals surface area contributed by atoms with Crippen molar-refractivity contribution < 1.29 is 9.18 Å². The smallest absolute Gasteiger partial charge is 0.245 e. The first-order valence-corrected chi connectivity index (χ1v) is 8.14. The molecule has 2 heterocycles. The van der Waals surface area contributed by atoms with Gasteiger partial charge in [0.25, 0.3) is 0 Å². The Morgan fingerprint density at radius 1 is 1.38 bits per heavy atom. The van der Waals surface area contributed by atoms with Crippen LogP contribution in [0.25, 0.3) is 0 Å². The zero-order chi connectivity index (χ0) is 18.5. The second-order valence-corrected chi connectivity index (χ2v) is 6.05. The molecule has 0 saturated carbocycles. The van der Waals surface area contributed by atoms with Crippen molar-refractivity contribution in [3.05, 3.63) is 54.1 Å². The average molecular weight is 358 g/mol. The molecule has 2 aromatic heterocycles. The van der Waals surface area contributed by atoms with Crippen molar-refractivity contribution in [1.82, 2.24) is 40.3 Å². The van der Waals surface area contributed by atoms with Gasteiger partial charge in [-0.2, -0.15) is 5.10 Å². The minimum absolute atomic E-state index is 0.184. The molecule has 9 nitrogen and oxygen atoms in total. The minimum Gasteiger partial charge on any atom is -0.350 e. The van der Waals surface area contributed by atoms with Crippen LogP contribution in [-0.4, -0.2) is 46.9 Å². The van der Waals surface area contributed by atoms with E-state index in [9.17, 15) is 9.18 Å². The van der Waals surface area contributed by atoms with Crippen molar-refractivity contribution in [2.24, 2.45) is 0 Å². The van der Waals surface area contributed by atoms with Crippen LogP contribution in [0.15, 0.2) is 36.9 Å². The summed E-state index contributed by atoms with van der Waals surface area (Å²) in [5, 5.41) is 18.3. The lowest BCUT2D eigenvalue weighted by Gasteiger charge is -2.21. The molecular formula is C16H19FN8O. The molecule has 0 aliphatic heterocycles. The van der Waals surface area contributed by atoms with Gasteiger partial charge in [-0.05, 0) is 42.0 Å². The molecular weight excluding hydrogens is 339 g/mol. The van der Waals surface area contributed by atoms with Crippen molar-refractivity contribution in [2.45, 2.75) is 38.9 Å². The Labute approximate surface area is 149 Å². The average Bonchev–Trinajstić information content (AvgIpc) is 3.24. The number of halogens is 1. The molecule has 2 unspecified atom stereocenters. The summed E-state index contributed by atoms with van der Waals surface area (Å²) in [6.07, 6.45) is 3.29. The van der Waals surface area contributed by atoms with Crippen LogP contribution in [0, 0.1) is 12.7 Å². The number of aromatic nitrogens is 7. The van der Waals surface area contributed by atoms with Crippen molar-refractivity contribution in [1.29, 1.82) is 0 Å². The van der Waals surface area contributed by atoms with Gasteiger partial charge in [-0.15, -0.1) is 5.10 Å². The number of nitrogens with zero attached hydrogens (tertiary/aromatic N) is 7. The third-order valence-electron chi connectivity index (χ3n) is 3.89. The molecule has 26 heavy (non-hydrogen) atoms. The SMILES string of the molecule is Cc1nnnn1C(Cc1cccc(F)c1)C(=O)NC(C)Cn1cncn1. The molecule has 0 spiro atoms. The van der Waals surface area contributed by atoms with Crippen LogP contribution in [0.4, 0.5) is 4.39 Å². The second kappa shape index (κ2) is 7.81. The Hall–Kier alpha value is -3.17. The highest BCUT2D eigenvalue weighted by molar-refractivity contribution is 5.80.